The molecular formula is C34H36BF4P2Rh-. The number of benzene rings is 4. The predicted molar refractivity (Wildman–Crippen MR) is 175 cm³/mol. The van der Waals surface area contributed by atoms with Gasteiger partial charge in [-0.2, -0.15) is 0 Å². The Kier molecular flexibility index (Phi) is 17.5. The van der Waals surface area contributed by atoms with Crippen molar-refractivity contribution < 1.29 is 36.7 Å². The van der Waals surface area contributed by atoms with Gasteiger partial charge < -0.3 is 17.3 Å². The van der Waals surface area contributed by atoms with Crippen LogP contribution in [0.5, 0.6) is 0 Å². The van der Waals surface area contributed by atoms with E-state index in [0.717, 1.165) is 0 Å². The van der Waals surface area contributed by atoms with Crippen LogP contribution >= 0.6 is 15.8 Å². The molecule has 0 amide bonds. The summed E-state index contributed by atoms with van der Waals surface area (Å²) >= 11 is 0. The van der Waals surface area contributed by atoms with Crippen molar-refractivity contribution >= 4 is 44.3 Å². The molecule has 42 heavy (non-hydrogen) atoms. The minimum atomic E-state index is -6.00. The molecule has 0 aliphatic heterocycles. The first-order valence-electron chi connectivity index (χ1n) is 13.8. The Morgan fingerprint density at radius 1 is 0.405 bits per heavy atom. The van der Waals surface area contributed by atoms with Crippen LogP contribution < -0.4 is 21.2 Å². The Balaban J connectivity index is 0.000000367. The minimum Gasteiger partial charge on any atom is -0.418 e. The van der Waals surface area contributed by atoms with Crippen molar-refractivity contribution in [1.29, 1.82) is 0 Å². The third kappa shape index (κ3) is 14.7. The van der Waals surface area contributed by atoms with Crippen LogP contribution in [0.2, 0.25) is 0 Å². The number of hydrogen-bond donors (Lipinski definition) is 0. The van der Waals surface area contributed by atoms with E-state index in [0.29, 0.717) is 0 Å². The molecule has 0 spiro atoms. The second-order valence-electron chi connectivity index (χ2n) is 9.24. The van der Waals surface area contributed by atoms with Crippen molar-refractivity contribution in [3.05, 3.63) is 146 Å². The van der Waals surface area contributed by atoms with Crippen molar-refractivity contribution in [2.45, 2.75) is 25.7 Å². The molecule has 0 aromatic heterocycles. The standard InChI is InChI=1S/C26H24P2.C8H12.BF4.Rh/c1-5-13-23(14-6-1)27(24-15-7-2-8-16-24)21-22-28(25-17-9-3-10-18-25)26-19-11-4-12-20-26;1-2-4-6-8-7-5-3-1;2-1(3,4)5;/h1-20H,21-22H2;1-2,7-8H,3-6H2;;/q;;-1;. The quantitative estimate of drug-likeness (QED) is 0.0783. The zero-order valence-corrected chi connectivity index (χ0v) is 26.8. The number of hydrogen-bond acceptors (Lipinski definition) is 0. The van der Waals surface area contributed by atoms with Crippen LogP contribution in [0.15, 0.2) is 146 Å². The number of rotatable bonds is 7. The predicted octanol–water partition coefficient (Wildman–Crippen LogP) is 9.22. The molecule has 5 rings (SSSR count). The van der Waals surface area contributed by atoms with E-state index in [1.165, 1.54) is 59.2 Å². The van der Waals surface area contributed by atoms with Gasteiger partial charge >= 0.3 is 7.25 Å². The molecule has 0 atom stereocenters. The Bertz CT molecular complexity index is 1090. The molecule has 1 radical (unpaired) electrons. The third-order valence-corrected chi connectivity index (χ3v) is 11.5. The summed E-state index contributed by atoms with van der Waals surface area (Å²) in [5, 5.41) is 5.89. The summed E-state index contributed by atoms with van der Waals surface area (Å²) in [6.07, 6.45) is 16.4. The summed E-state index contributed by atoms with van der Waals surface area (Å²) < 4.78 is 39.0. The summed E-state index contributed by atoms with van der Waals surface area (Å²) in [4.78, 5) is 0. The molecule has 223 valence electrons. The Labute approximate surface area is 263 Å². The van der Waals surface area contributed by atoms with Gasteiger partial charge in [-0.05, 0) is 75.1 Å². The molecular weight excluding hydrogens is 660 g/mol. The number of allylic oxidation sites excluding steroid dienone is 4. The van der Waals surface area contributed by atoms with E-state index < -0.39 is 7.25 Å². The molecule has 0 heterocycles. The van der Waals surface area contributed by atoms with Gasteiger partial charge in [-0.15, -0.1) is 0 Å². The first-order chi connectivity index (χ1) is 19.9. The molecule has 1 aliphatic carbocycles. The van der Waals surface area contributed by atoms with Gasteiger partial charge in [0.05, 0.1) is 0 Å². The van der Waals surface area contributed by atoms with E-state index in [9.17, 15) is 17.3 Å². The SMILES string of the molecule is C1=CCCC=CCC1.F[B-](F)(F)F.[Rh].c1ccc(P(CCP(c2ccccc2)c2ccccc2)c2ccccc2)cc1. The summed E-state index contributed by atoms with van der Waals surface area (Å²) in [6.45, 7) is 0. The monoisotopic (exact) mass is 696 g/mol. The van der Waals surface area contributed by atoms with Gasteiger partial charge in [-0.25, -0.2) is 0 Å². The first kappa shape index (κ1) is 35.8. The van der Waals surface area contributed by atoms with Gasteiger partial charge in [-0.3, -0.25) is 0 Å². The van der Waals surface area contributed by atoms with E-state index >= 15 is 0 Å². The first-order valence-corrected chi connectivity index (χ1v) is 16.9. The molecule has 8 heteroatoms. The van der Waals surface area contributed by atoms with Gasteiger partial charge in [0, 0.05) is 19.5 Å². The number of halogens is 4. The zero-order valence-electron chi connectivity index (χ0n) is 23.4. The fourth-order valence-corrected chi connectivity index (χ4v) is 9.66. The summed E-state index contributed by atoms with van der Waals surface area (Å²) in [5.74, 6) is 0. The van der Waals surface area contributed by atoms with E-state index in [2.05, 4.69) is 146 Å². The van der Waals surface area contributed by atoms with Crippen molar-refractivity contribution in [1.82, 2.24) is 0 Å². The normalized spacial score (nSPS) is 12.6. The van der Waals surface area contributed by atoms with Gasteiger partial charge in [-0.1, -0.05) is 146 Å². The van der Waals surface area contributed by atoms with Crippen LogP contribution in [0.1, 0.15) is 25.7 Å². The fourth-order valence-electron chi connectivity index (χ4n) is 4.30. The molecule has 0 N–H and O–H groups in total. The van der Waals surface area contributed by atoms with Crippen LogP contribution in [0, 0.1) is 0 Å². The van der Waals surface area contributed by atoms with Crippen molar-refractivity contribution in [3.63, 3.8) is 0 Å². The van der Waals surface area contributed by atoms with Crippen molar-refractivity contribution in [2.24, 2.45) is 0 Å². The topological polar surface area (TPSA) is 0 Å². The molecule has 0 saturated heterocycles. The summed E-state index contributed by atoms with van der Waals surface area (Å²) in [7, 11) is -6.70. The average Bonchev–Trinajstić information content (AvgIpc) is 2.96. The average molecular weight is 696 g/mol. The van der Waals surface area contributed by atoms with E-state index in [-0.39, 0.29) is 35.3 Å². The largest absolute Gasteiger partial charge is 0.673 e. The smallest absolute Gasteiger partial charge is 0.418 e. The molecule has 0 bridgehead atoms. The van der Waals surface area contributed by atoms with Gasteiger partial charge in [0.15, 0.2) is 0 Å². The van der Waals surface area contributed by atoms with Gasteiger partial charge in [0.1, 0.15) is 0 Å². The maximum atomic E-state index is 9.75. The van der Waals surface area contributed by atoms with Crippen LogP contribution in [0.3, 0.4) is 0 Å². The van der Waals surface area contributed by atoms with Gasteiger partial charge in [0.2, 0.25) is 0 Å². The third-order valence-electron chi connectivity index (χ3n) is 6.15. The summed E-state index contributed by atoms with van der Waals surface area (Å²) in [5.41, 5.74) is 0. The van der Waals surface area contributed by atoms with Crippen LogP contribution in [-0.4, -0.2) is 19.6 Å². The minimum absolute atomic E-state index is 0. The van der Waals surface area contributed by atoms with Crippen LogP contribution in [0.25, 0.3) is 0 Å². The molecule has 4 aromatic rings. The Morgan fingerprint density at radius 2 is 0.595 bits per heavy atom. The van der Waals surface area contributed by atoms with Crippen LogP contribution in [-0.2, 0) is 19.5 Å². The van der Waals surface area contributed by atoms with Gasteiger partial charge in [0.25, 0.3) is 0 Å². The molecule has 4 aromatic carbocycles. The van der Waals surface area contributed by atoms with Crippen molar-refractivity contribution in [3.8, 4) is 0 Å². The van der Waals surface area contributed by atoms with E-state index in [1.54, 1.807) is 0 Å². The molecule has 0 unspecified atom stereocenters. The van der Waals surface area contributed by atoms with E-state index in [1.807, 2.05) is 0 Å². The van der Waals surface area contributed by atoms with Crippen molar-refractivity contribution in [2.75, 3.05) is 12.3 Å². The maximum absolute atomic E-state index is 9.75. The Morgan fingerprint density at radius 3 is 0.786 bits per heavy atom. The summed E-state index contributed by atoms with van der Waals surface area (Å²) in [6, 6.07) is 44.2. The maximum Gasteiger partial charge on any atom is 0.673 e. The zero-order chi connectivity index (χ0) is 29.2. The molecule has 0 saturated carbocycles. The second kappa shape index (κ2) is 20.5. The molecule has 1 aliphatic rings. The fraction of sp³-hybridized carbons (Fsp3) is 0.176. The molecule has 0 fully saturated rings. The second-order valence-corrected chi connectivity index (χ2v) is 13.9. The van der Waals surface area contributed by atoms with Crippen LogP contribution in [0.4, 0.5) is 17.3 Å². The van der Waals surface area contributed by atoms with E-state index in [4.69, 9.17) is 0 Å². The Hall–Kier alpha value is -2.37. The molecule has 0 nitrogen and oxygen atoms in total.